The maximum Gasteiger partial charge on any atom is 0.354 e. The van der Waals surface area contributed by atoms with E-state index in [-0.39, 0.29) is 18.2 Å². The standard InChI is InChI=1S/C23H30N2O4S/c1-15-20(16(2)24(3)21(15)23(28)29-4)18(26)14-25(13-17-9-6-5-7-10-17)22(27)19-11-8-12-30-19/h8,11-12,17H,5-7,9-10,13-14H2,1-4H3. The van der Waals surface area contributed by atoms with Crippen molar-refractivity contribution >= 4 is 29.0 Å². The Labute approximate surface area is 181 Å². The molecule has 1 aliphatic rings. The number of hydrogen-bond donors (Lipinski definition) is 0. The summed E-state index contributed by atoms with van der Waals surface area (Å²) in [7, 11) is 3.08. The summed E-state index contributed by atoms with van der Waals surface area (Å²) in [6.45, 7) is 4.19. The summed E-state index contributed by atoms with van der Waals surface area (Å²) in [5.41, 5.74) is 2.19. The first-order valence-electron chi connectivity index (χ1n) is 10.4. The summed E-state index contributed by atoms with van der Waals surface area (Å²) in [6.07, 6.45) is 5.79. The number of carbonyl (C=O) groups is 3. The number of amides is 1. The fourth-order valence-corrected chi connectivity index (χ4v) is 5.17. The Morgan fingerprint density at radius 2 is 1.90 bits per heavy atom. The molecule has 2 heterocycles. The van der Waals surface area contributed by atoms with Crippen molar-refractivity contribution < 1.29 is 19.1 Å². The van der Waals surface area contributed by atoms with Crippen LogP contribution >= 0.6 is 11.3 Å². The zero-order valence-corrected chi connectivity index (χ0v) is 19.0. The fraction of sp³-hybridized carbons (Fsp3) is 0.522. The molecule has 0 aromatic carbocycles. The molecule has 30 heavy (non-hydrogen) atoms. The van der Waals surface area contributed by atoms with Gasteiger partial charge in [-0.25, -0.2) is 4.79 Å². The molecular formula is C23H30N2O4S. The van der Waals surface area contributed by atoms with E-state index in [9.17, 15) is 14.4 Å². The van der Waals surface area contributed by atoms with E-state index in [1.54, 1.807) is 29.5 Å². The minimum Gasteiger partial charge on any atom is -0.464 e. The summed E-state index contributed by atoms with van der Waals surface area (Å²) < 4.78 is 6.58. The van der Waals surface area contributed by atoms with Gasteiger partial charge >= 0.3 is 5.97 Å². The highest BCUT2D eigenvalue weighted by Crippen LogP contribution is 2.27. The van der Waals surface area contributed by atoms with Gasteiger partial charge in [0.25, 0.3) is 5.91 Å². The molecule has 0 unspecified atom stereocenters. The van der Waals surface area contributed by atoms with Crippen LogP contribution in [0.3, 0.4) is 0 Å². The van der Waals surface area contributed by atoms with Gasteiger partial charge in [-0.15, -0.1) is 11.3 Å². The summed E-state index contributed by atoms with van der Waals surface area (Å²) in [4.78, 5) is 41.0. The molecule has 2 aromatic heterocycles. The molecule has 0 radical (unpaired) electrons. The van der Waals surface area contributed by atoms with Gasteiger partial charge in [0.2, 0.25) is 0 Å². The Kier molecular flexibility index (Phi) is 7.13. The smallest absolute Gasteiger partial charge is 0.354 e. The molecule has 7 heteroatoms. The quantitative estimate of drug-likeness (QED) is 0.482. The number of ether oxygens (including phenoxy) is 1. The third-order valence-corrected chi connectivity index (χ3v) is 7.00. The highest BCUT2D eigenvalue weighted by atomic mass is 32.1. The molecule has 0 spiro atoms. The molecule has 0 saturated heterocycles. The SMILES string of the molecule is COC(=O)c1c(C)c(C(=O)CN(CC2CCCCC2)C(=O)c2cccs2)c(C)n1C. The number of Topliss-reactive ketones (excluding diaryl/α,β-unsaturated/α-hetero) is 1. The maximum absolute atomic E-state index is 13.3. The van der Waals surface area contributed by atoms with Crippen molar-refractivity contribution in [1.29, 1.82) is 0 Å². The zero-order valence-electron chi connectivity index (χ0n) is 18.2. The first-order valence-corrected chi connectivity index (χ1v) is 11.3. The number of hydrogen-bond acceptors (Lipinski definition) is 5. The molecule has 0 atom stereocenters. The Balaban J connectivity index is 1.87. The van der Waals surface area contributed by atoms with Crippen molar-refractivity contribution in [2.24, 2.45) is 13.0 Å². The van der Waals surface area contributed by atoms with E-state index in [4.69, 9.17) is 4.74 Å². The topological polar surface area (TPSA) is 68.6 Å². The van der Waals surface area contributed by atoms with Gasteiger partial charge in [0.1, 0.15) is 5.69 Å². The van der Waals surface area contributed by atoms with Crippen molar-refractivity contribution in [3.63, 3.8) is 0 Å². The molecule has 1 amide bonds. The third-order valence-electron chi connectivity index (χ3n) is 6.15. The lowest BCUT2D eigenvalue weighted by atomic mass is 9.88. The third kappa shape index (κ3) is 4.51. The highest BCUT2D eigenvalue weighted by molar-refractivity contribution is 7.12. The monoisotopic (exact) mass is 430 g/mol. The summed E-state index contributed by atoms with van der Waals surface area (Å²) in [6, 6.07) is 3.66. The number of thiophene rings is 1. The van der Waals surface area contributed by atoms with Crippen molar-refractivity contribution in [2.75, 3.05) is 20.2 Å². The van der Waals surface area contributed by atoms with Crippen molar-refractivity contribution in [1.82, 2.24) is 9.47 Å². The van der Waals surface area contributed by atoms with E-state index >= 15 is 0 Å². The second kappa shape index (κ2) is 9.60. The van der Waals surface area contributed by atoms with Gasteiger partial charge in [-0.05, 0) is 49.6 Å². The molecule has 0 N–H and O–H groups in total. The minimum absolute atomic E-state index is 0.0134. The van der Waals surface area contributed by atoms with Crippen LogP contribution in [-0.4, -0.2) is 47.3 Å². The Bertz CT molecular complexity index is 924. The van der Waals surface area contributed by atoms with Gasteiger partial charge in [-0.3, -0.25) is 9.59 Å². The molecule has 1 aliphatic carbocycles. The van der Waals surface area contributed by atoms with Crippen LogP contribution in [-0.2, 0) is 11.8 Å². The Hall–Kier alpha value is -2.41. The number of ketones is 1. The second-order valence-corrected chi connectivity index (χ2v) is 9.02. The zero-order chi connectivity index (χ0) is 21.8. The van der Waals surface area contributed by atoms with Crippen LogP contribution in [0.5, 0.6) is 0 Å². The first kappa shape index (κ1) is 22.3. The van der Waals surface area contributed by atoms with Gasteiger partial charge < -0.3 is 14.2 Å². The van der Waals surface area contributed by atoms with Crippen LogP contribution in [0.25, 0.3) is 0 Å². The predicted molar refractivity (Wildman–Crippen MR) is 117 cm³/mol. The van der Waals surface area contributed by atoms with Gasteiger partial charge in [-0.1, -0.05) is 25.3 Å². The van der Waals surface area contributed by atoms with Gasteiger partial charge in [-0.2, -0.15) is 0 Å². The van der Waals surface area contributed by atoms with E-state index in [1.165, 1.54) is 37.7 Å². The molecule has 1 saturated carbocycles. The summed E-state index contributed by atoms with van der Waals surface area (Å²) in [5.74, 6) is -0.273. The summed E-state index contributed by atoms with van der Waals surface area (Å²) in [5, 5.41) is 1.88. The van der Waals surface area contributed by atoms with Crippen molar-refractivity contribution in [3.8, 4) is 0 Å². The molecule has 3 rings (SSSR count). The van der Waals surface area contributed by atoms with E-state index in [0.717, 1.165) is 12.8 Å². The average Bonchev–Trinajstić information content (AvgIpc) is 3.35. The number of nitrogens with zero attached hydrogens (tertiary/aromatic N) is 2. The molecule has 6 nitrogen and oxygen atoms in total. The van der Waals surface area contributed by atoms with Crippen LogP contribution in [0.15, 0.2) is 17.5 Å². The number of aromatic nitrogens is 1. The van der Waals surface area contributed by atoms with Crippen LogP contribution in [0.2, 0.25) is 0 Å². The van der Waals surface area contributed by atoms with Gasteiger partial charge in [0.15, 0.2) is 5.78 Å². The van der Waals surface area contributed by atoms with E-state index < -0.39 is 5.97 Å². The lowest BCUT2D eigenvalue weighted by Crippen LogP contribution is -2.39. The van der Waals surface area contributed by atoms with Crippen LogP contribution in [0.4, 0.5) is 0 Å². The van der Waals surface area contributed by atoms with E-state index in [0.29, 0.717) is 39.9 Å². The summed E-state index contributed by atoms with van der Waals surface area (Å²) >= 11 is 1.40. The molecular weight excluding hydrogens is 400 g/mol. The van der Waals surface area contributed by atoms with Crippen molar-refractivity contribution in [2.45, 2.75) is 46.0 Å². The number of carbonyl (C=O) groups excluding carboxylic acids is 3. The second-order valence-electron chi connectivity index (χ2n) is 8.07. The van der Waals surface area contributed by atoms with Crippen LogP contribution in [0, 0.1) is 19.8 Å². The maximum atomic E-state index is 13.3. The largest absolute Gasteiger partial charge is 0.464 e. The van der Waals surface area contributed by atoms with E-state index in [1.807, 2.05) is 18.4 Å². The fourth-order valence-electron chi connectivity index (χ4n) is 4.48. The molecule has 2 aromatic rings. The Morgan fingerprint density at radius 1 is 1.20 bits per heavy atom. The van der Waals surface area contributed by atoms with Crippen LogP contribution in [0.1, 0.15) is 73.9 Å². The molecule has 1 fully saturated rings. The van der Waals surface area contributed by atoms with Gasteiger partial charge in [0.05, 0.1) is 18.5 Å². The number of methoxy groups -OCH3 is 1. The molecule has 0 bridgehead atoms. The van der Waals surface area contributed by atoms with Crippen molar-refractivity contribution in [3.05, 3.63) is 44.9 Å². The minimum atomic E-state index is -0.467. The first-order chi connectivity index (χ1) is 14.3. The Morgan fingerprint density at radius 3 is 2.50 bits per heavy atom. The molecule has 162 valence electrons. The van der Waals surface area contributed by atoms with E-state index in [2.05, 4.69) is 0 Å². The lowest BCUT2D eigenvalue weighted by Gasteiger charge is -2.29. The highest BCUT2D eigenvalue weighted by Gasteiger charge is 2.29. The lowest BCUT2D eigenvalue weighted by molar-refractivity contribution is 0.0588. The number of rotatable bonds is 7. The van der Waals surface area contributed by atoms with Gasteiger partial charge in [0, 0.05) is 24.8 Å². The average molecular weight is 431 g/mol. The predicted octanol–water partition coefficient (Wildman–Crippen LogP) is 4.40. The number of esters is 1. The molecule has 0 aliphatic heterocycles. The van der Waals surface area contributed by atoms with Crippen LogP contribution < -0.4 is 0 Å². The normalized spacial score (nSPS) is 14.5.